The Balaban J connectivity index is 2.21. The molecule has 2 rings (SSSR count). The van der Waals surface area contributed by atoms with Crippen molar-refractivity contribution in [2.75, 3.05) is 7.11 Å². The van der Waals surface area contributed by atoms with E-state index in [0.29, 0.717) is 5.92 Å². The second-order valence-corrected chi connectivity index (χ2v) is 5.33. The van der Waals surface area contributed by atoms with Crippen molar-refractivity contribution in [3.8, 4) is 5.75 Å². The Labute approximate surface area is 104 Å². The highest BCUT2D eigenvalue weighted by molar-refractivity contribution is 5.43. The fourth-order valence-electron chi connectivity index (χ4n) is 2.11. The number of benzene rings is 1. The molecule has 0 unspecified atom stereocenters. The molecule has 1 saturated carbocycles. The van der Waals surface area contributed by atoms with Gasteiger partial charge in [0.2, 0.25) is 0 Å². The Morgan fingerprint density at radius 2 is 2.06 bits per heavy atom. The van der Waals surface area contributed by atoms with Crippen molar-refractivity contribution >= 4 is 0 Å². The number of methoxy groups -OCH3 is 1. The van der Waals surface area contributed by atoms with Gasteiger partial charge in [0.1, 0.15) is 5.75 Å². The molecule has 1 aliphatic rings. The molecule has 0 radical (unpaired) electrons. The van der Waals surface area contributed by atoms with Crippen molar-refractivity contribution in [1.29, 1.82) is 0 Å². The molecule has 0 heterocycles. The lowest BCUT2D eigenvalue weighted by atomic mass is 9.96. The Bertz CT molecular complexity index is 394. The summed E-state index contributed by atoms with van der Waals surface area (Å²) in [6, 6.07) is 5.23. The van der Waals surface area contributed by atoms with E-state index in [9.17, 15) is 0 Å². The Kier molecular flexibility index (Phi) is 3.72. The summed E-state index contributed by atoms with van der Waals surface area (Å²) in [4.78, 5) is 0. The van der Waals surface area contributed by atoms with E-state index in [-0.39, 0.29) is 0 Å². The molecular formula is C15H23NO. The fraction of sp³-hybridized carbons (Fsp3) is 0.600. The van der Waals surface area contributed by atoms with E-state index in [0.717, 1.165) is 18.3 Å². The van der Waals surface area contributed by atoms with Crippen LogP contribution in [0.3, 0.4) is 0 Å². The molecule has 0 saturated heterocycles. The molecule has 0 atom stereocenters. The third-order valence-electron chi connectivity index (χ3n) is 3.47. The number of hydrogen-bond donors (Lipinski definition) is 1. The van der Waals surface area contributed by atoms with Crippen molar-refractivity contribution in [3.63, 3.8) is 0 Å². The average molecular weight is 233 g/mol. The fourth-order valence-corrected chi connectivity index (χ4v) is 2.11. The van der Waals surface area contributed by atoms with Gasteiger partial charge < -0.3 is 10.1 Å². The maximum absolute atomic E-state index is 5.46. The van der Waals surface area contributed by atoms with Crippen LogP contribution in [0.25, 0.3) is 0 Å². The molecule has 0 amide bonds. The number of hydrogen-bond acceptors (Lipinski definition) is 2. The molecule has 2 nitrogen and oxygen atoms in total. The van der Waals surface area contributed by atoms with Gasteiger partial charge in [-0.2, -0.15) is 0 Å². The lowest BCUT2D eigenvalue weighted by Crippen LogP contribution is -2.16. The topological polar surface area (TPSA) is 21.3 Å². The van der Waals surface area contributed by atoms with Crippen LogP contribution in [-0.4, -0.2) is 13.2 Å². The number of rotatable bonds is 5. The number of nitrogens with one attached hydrogen (secondary N) is 1. The molecule has 0 spiro atoms. The third-order valence-corrected chi connectivity index (χ3v) is 3.47. The molecule has 0 aliphatic heterocycles. The Morgan fingerprint density at radius 1 is 1.35 bits per heavy atom. The first-order valence-corrected chi connectivity index (χ1v) is 6.52. The minimum atomic E-state index is 0.505. The molecule has 17 heavy (non-hydrogen) atoms. The first-order chi connectivity index (χ1) is 8.11. The van der Waals surface area contributed by atoms with Gasteiger partial charge in [0.25, 0.3) is 0 Å². The zero-order valence-electron chi connectivity index (χ0n) is 11.3. The van der Waals surface area contributed by atoms with Gasteiger partial charge in [0.15, 0.2) is 0 Å². The second kappa shape index (κ2) is 5.09. The summed E-state index contributed by atoms with van der Waals surface area (Å²) in [5, 5.41) is 3.58. The van der Waals surface area contributed by atoms with E-state index in [1.807, 2.05) is 0 Å². The van der Waals surface area contributed by atoms with Crippen LogP contribution in [0.4, 0.5) is 0 Å². The first-order valence-electron chi connectivity index (χ1n) is 6.52. The van der Waals surface area contributed by atoms with Gasteiger partial charge in [0.05, 0.1) is 7.11 Å². The monoisotopic (exact) mass is 233 g/mol. The predicted octanol–water partition coefficient (Wildman–Crippen LogP) is 3.38. The minimum Gasteiger partial charge on any atom is -0.496 e. The lowest BCUT2D eigenvalue weighted by Gasteiger charge is -2.16. The molecule has 1 aromatic carbocycles. The van der Waals surface area contributed by atoms with Crippen LogP contribution in [0, 0.1) is 6.92 Å². The molecule has 1 fully saturated rings. The highest BCUT2D eigenvalue weighted by Gasteiger charge is 2.20. The largest absolute Gasteiger partial charge is 0.496 e. The van der Waals surface area contributed by atoms with Crippen LogP contribution >= 0.6 is 0 Å². The number of aryl methyl sites for hydroxylation is 1. The average Bonchev–Trinajstić information content (AvgIpc) is 3.10. The zero-order chi connectivity index (χ0) is 12.4. The normalized spacial score (nSPS) is 15.4. The van der Waals surface area contributed by atoms with E-state index in [2.05, 4.69) is 38.2 Å². The Hall–Kier alpha value is -1.02. The van der Waals surface area contributed by atoms with Crippen molar-refractivity contribution in [2.24, 2.45) is 0 Å². The van der Waals surface area contributed by atoms with Gasteiger partial charge in [-0.15, -0.1) is 0 Å². The van der Waals surface area contributed by atoms with Gasteiger partial charge >= 0.3 is 0 Å². The maximum atomic E-state index is 5.46. The lowest BCUT2D eigenvalue weighted by molar-refractivity contribution is 0.407. The first kappa shape index (κ1) is 12.4. The minimum absolute atomic E-state index is 0.505. The number of ether oxygens (including phenoxy) is 1. The van der Waals surface area contributed by atoms with Gasteiger partial charge in [-0.1, -0.05) is 19.9 Å². The van der Waals surface area contributed by atoms with Gasteiger partial charge in [-0.3, -0.25) is 0 Å². The van der Waals surface area contributed by atoms with Crippen molar-refractivity contribution in [1.82, 2.24) is 5.32 Å². The highest BCUT2D eigenvalue weighted by atomic mass is 16.5. The molecular weight excluding hydrogens is 210 g/mol. The molecule has 0 bridgehead atoms. The molecule has 2 heteroatoms. The smallest absolute Gasteiger partial charge is 0.122 e. The summed E-state index contributed by atoms with van der Waals surface area (Å²) in [6.45, 7) is 7.58. The van der Waals surface area contributed by atoms with Crippen LogP contribution in [0.5, 0.6) is 5.75 Å². The highest BCUT2D eigenvalue weighted by Crippen LogP contribution is 2.30. The molecule has 1 aliphatic carbocycles. The summed E-state index contributed by atoms with van der Waals surface area (Å²) in [6.07, 6.45) is 2.68. The second-order valence-electron chi connectivity index (χ2n) is 5.33. The van der Waals surface area contributed by atoms with Crippen molar-refractivity contribution in [3.05, 3.63) is 28.8 Å². The van der Waals surface area contributed by atoms with Crippen LogP contribution in [-0.2, 0) is 6.54 Å². The van der Waals surface area contributed by atoms with Crippen LogP contribution in [0.1, 0.15) is 49.3 Å². The molecule has 0 aromatic heterocycles. The molecule has 94 valence electrons. The van der Waals surface area contributed by atoms with Crippen molar-refractivity contribution < 1.29 is 4.74 Å². The summed E-state index contributed by atoms with van der Waals surface area (Å²) >= 11 is 0. The van der Waals surface area contributed by atoms with E-state index in [1.54, 1.807) is 7.11 Å². The SMILES string of the molecule is COc1cc(C)c(CNC2CC2)cc1C(C)C. The zero-order valence-corrected chi connectivity index (χ0v) is 11.3. The van der Waals surface area contributed by atoms with E-state index < -0.39 is 0 Å². The quantitative estimate of drug-likeness (QED) is 0.842. The standard InChI is InChI=1S/C15H23NO/c1-10(2)14-8-12(9-16-13-5-6-13)11(3)7-15(14)17-4/h7-8,10,13,16H,5-6,9H2,1-4H3. The van der Waals surface area contributed by atoms with Crippen LogP contribution < -0.4 is 10.1 Å². The molecule has 1 aromatic rings. The van der Waals surface area contributed by atoms with Crippen LogP contribution in [0.15, 0.2) is 12.1 Å². The predicted molar refractivity (Wildman–Crippen MR) is 71.7 cm³/mol. The van der Waals surface area contributed by atoms with Gasteiger partial charge in [0, 0.05) is 12.6 Å². The van der Waals surface area contributed by atoms with Gasteiger partial charge in [-0.25, -0.2) is 0 Å². The third kappa shape index (κ3) is 3.01. The van der Waals surface area contributed by atoms with E-state index >= 15 is 0 Å². The van der Waals surface area contributed by atoms with E-state index in [4.69, 9.17) is 4.74 Å². The summed E-state index contributed by atoms with van der Waals surface area (Å²) < 4.78 is 5.46. The Morgan fingerprint density at radius 3 is 2.59 bits per heavy atom. The maximum Gasteiger partial charge on any atom is 0.122 e. The van der Waals surface area contributed by atoms with Crippen molar-refractivity contribution in [2.45, 2.75) is 52.1 Å². The molecule has 1 N–H and O–H groups in total. The van der Waals surface area contributed by atoms with E-state index in [1.165, 1.54) is 29.5 Å². The summed E-state index contributed by atoms with van der Waals surface area (Å²) in [7, 11) is 1.75. The van der Waals surface area contributed by atoms with Gasteiger partial charge in [-0.05, 0) is 48.4 Å². The summed E-state index contributed by atoms with van der Waals surface area (Å²) in [5.41, 5.74) is 4.03. The van der Waals surface area contributed by atoms with Crippen LogP contribution in [0.2, 0.25) is 0 Å². The summed E-state index contributed by atoms with van der Waals surface area (Å²) in [5.74, 6) is 1.53.